The number of carbonyl (C=O) groups excluding carboxylic acids is 1. The molecule has 1 aliphatic heterocycles. The van der Waals surface area contributed by atoms with Crippen molar-refractivity contribution in [3.05, 3.63) is 47.2 Å². The minimum absolute atomic E-state index is 0.0517. The van der Waals surface area contributed by atoms with Gasteiger partial charge in [0.25, 0.3) is 5.91 Å². The Kier molecular flexibility index (Phi) is 7.28. The lowest BCUT2D eigenvalue weighted by atomic mass is 10.1. The van der Waals surface area contributed by atoms with Crippen molar-refractivity contribution in [1.82, 2.24) is 14.9 Å². The summed E-state index contributed by atoms with van der Waals surface area (Å²) < 4.78 is 5.44. The minimum atomic E-state index is 0.0517. The number of ether oxygens (including phenoxy) is 1. The second kappa shape index (κ2) is 9.89. The van der Waals surface area contributed by atoms with Crippen molar-refractivity contribution < 1.29 is 9.53 Å². The molecule has 6 nitrogen and oxygen atoms in total. The van der Waals surface area contributed by atoms with Crippen LogP contribution in [-0.4, -0.2) is 60.7 Å². The predicted octanol–water partition coefficient (Wildman–Crippen LogP) is 3.26. The van der Waals surface area contributed by atoms with E-state index in [1.807, 2.05) is 38.2 Å². The van der Waals surface area contributed by atoms with Crippen LogP contribution in [0.15, 0.2) is 35.5 Å². The number of anilines is 1. The Morgan fingerprint density at radius 2 is 1.89 bits per heavy atom. The number of benzene rings is 1. The first-order valence-electron chi connectivity index (χ1n) is 9.78. The van der Waals surface area contributed by atoms with E-state index in [2.05, 4.69) is 22.9 Å². The molecule has 1 fully saturated rings. The Hall–Kier alpha value is -2.12. The number of thioether (sulfide) groups is 1. The number of aromatic nitrogens is 2. The molecule has 0 saturated carbocycles. The number of carbonyl (C=O) groups is 1. The first-order chi connectivity index (χ1) is 13.6. The zero-order valence-electron chi connectivity index (χ0n) is 16.9. The summed E-state index contributed by atoms with van der Waals surface area (Å²) in [6, 6.07) is 9.90. The second-order valence-electron chi connectivity index (χ2n) is 6.76. The normalized spacial score (nSPS) is 14.2. The van der Waals surface area contributed by atoms with Gasteiger partial charge in [0, 0.05) is 49.8 Å². The van der Waals surface area contributed by atoms with Gasteiger partial charge in [-0.2, -0.15) is 0 Å². The van der Waals surface area contributed by atoms with Crippen molar-refractivity contribution in [3.8, 4) is 0 Å². The lowest BCUT2D eigenvalue weighted by Crippen LogP contribution is -2.37. The number of hydrogen-bond acceptors (Lipinski definition) is 6. The summed E-state index contributed by atoms with van der Waals surface area (Å²) in [6.45, 7) is 8.00. The molecular formula is C21H28N4O2S. The van der Waals surface area contributed by atoms with Crippen LogP contribution in [-0.2, 0) is 16.9 Å². The fourth-order valence-electron chi connectivity index (χ4n) is 2.91. The van der Waals surface area contributed by atoms with Gasteiger partial charge in [0.2, 0.25) is 0 Å². The maximum Gasteiger partial charge on any atom is 0.253 e. The third-order valence-corrected chi connectivity index (χ3v) is 5.75. The number of nitrogens with zero attached hydrogens (tertiary/aromatic N) is 4. The zero-order valence-corrected chi connectivity index (χ0v) is 17.7. The summed E-state index contributed by atoms with van der Waals surface area (Å²) in [6.07, 6.45) is 0.884. The highest BCUT2D eigenvalue weighted by Crippen LogP contribution is 2.24. The Balaban J connectivity index is 1.67. The summed E-state index contributed by atoms with van der Waals surface area (Å²) in [7, 11) is 1.82. The van der Waals surface area contributed by atoms with Crippen LogP contribution in [0.4, 0.5) is 5.82 Å². The molecule has 0 N–H and O–H groups in total. The fourth-order valence-corrected chi connectivity index (χ4v) is 3.74. The molecule has 28 heavy (non-hydrogen) atoms. The Labute approximate surface area is 171 Å². The van der Waals surface area contributed by atoms with E-state index >= 15 is 0 Å². The van der Waals surface area contributed by atoms with Crippen LogP contribution in [0.1, 0.15) is 35.5 Å². The molecule has 0 radical (unpaired) electrons. The lowest BCUT2D eigenvalue weighted by Gasteiger charge is -2.28. The minimum Gasteiger partial charge on any atom is -0.378 e. The van der Waals surface area contributed by atoms with Crippen molar-refractivity contribution in [3.63, 3.8) is 0 Å². The van der Waals surface area contributed by atoms with Crippen LogP contribution in [0.2, 0.25) is 0 Å². The number of rotatable bonds is 7. The fraction of sp³-hybridized carbons (Fsp3) is 0.476. The van der Waals surface area contributed by atoms with Gasteiger partial charge in [0.05, 0.1) is 13.2 Å². The third-order valence-electron chi connectivity index (χ3n) is 4.83. The molecule has 0 spiro atoms. The SMILES string of the molecule is CCc1cc(N2CCOCC2)nc(SCc2ccc(C(=O)N(C)CC)cc2)n1. The molecule has 1 aromatic heterocycles. The molecule has 1 saturated heterocycles. The number of amides is 1. The van der Waals surface area contributed by atoms with Gasteiger partial charge in [-0.1, -0.05) is 30.8 Å². The van der Waals surface area contributed by atoms with Crippen LogP contribution >= 0.6 is 11.8 Å². The second-order valence-corrected chi connectivity index (χ2v) is 7.70. The van der Waals surface area contributed by atoms with Gasteiger partial charge in [0.15, 0.2) is 5.16 Å². The van der Waals surface area contributed by atoms with Crippen LogP contribution in [0.3, 0.4) is 0 Å². The molecule has 0 aliphatic carbocycles. The van der Waals surface area contributed by atoms with E-state index < -0.39 is 0 Å². The van der Waals surface area contributed by atoms with Crippen LogP contribution in [0.25, 0.3) is 0 Å². The van der Waals surface area contributed by atoms with E-state index in [0.29, 0.717) is 6.54 Å². The highest BCUT2D eigenvalue weighted by molar-refractivity contribution is 7.98. The molecule has 7 heteroatoms. The summed E-state index contributed by atoms with van der Waals surface area (Å²) in [5.74, 6) is 1.81. The summed E-state index contributed by atoms with van der Waals surface area (Å²) >= 11 is 1.63. The Morgan fingerprint density at radius 1 is 1.18 bits per heavy atom. The first kappa shape index (κ1) is 20.6. The molecule has 1 amide bonds. The van der Waals surface area contributed by atoms with Crippen LogP contribution in [0.5, 0.6) is 0 Å². The van der Waals surface area contributed by atoms with E-state index in [1.165, 1.54) is 0 Å². The van der Waals surface area contributed by atoms with Gasteiger partial charge in [-0.3, -0.25) is 4.79 Å². The summed E-state index contributed by atoms with van der Waals surface area (Å²) in [4.78, 5) is 25.6. The quantitative estimate of drug-likeness (QED) is 0.525. The van der Waals surface area contributed by atoms with E-state index in [4.69, 9.17) is 9.72 Å². The predicted molar refractivity (Wildman–Crippen MR) is 113 cm³/mol. The Morgan fingerprint density at radius 3 is 2.54 bits per heavy atom. The van der Waals surface area contributed by atoms with Gasteiger partial charge in [-0.05, 0) is 31.0 Å². The number of hydrogen-bond donors (Lipinski definition) is 0. The molecule has 2 heterocycles. The standard InChI is InChI=1S/C21H28N4O2S/c1-4-18-14-19(25-10-12-27-13-11-25)23-21(22-18)28-15-16-6-8-17(9-7-16)20(26)24(3)5-2/h6-9,14H,4-5,10-13,15H2,1-3H3. The Bertz CT molecular complexity index is 791. The van der Waals surface area contributed by atoms with Crippen molar-refractivity contribution >= 4 is 23.5 Å². The summed E-state index contributed by atoms with van der Waals surface area (Å²) in [5.41, 5.74) is 2.93. The number of morpholine rings is 1. The van der Waals surface area contributed by atoms with Crippen molar-refractivity contribution in [1.29, 1.82) is 0 Å². The van der Waals surface area contributed by atoms with E-state index in [9.17, 15) is 4.79 Å². The van der Waals surface area contributed by atoms with Crippen molar-refractivity contribution in [2.75, 3.05) is 44.8 Å². The van der Waals surface area contributed by atoms with Crippen LogP contribution in [0, 0.1) is 0 Å². The maximum absolute atomic E-state index is 12.2. The molecular weight excluding hydrogens is 372 g/mol. The van der Waals surface area contributed by atoms with E-state index in [0.717, 1.165) is 66.3 Å². The molecule has 1 aliphatic rings. The highest BCUT2D eigenvalue weighted by atomic mass is 32.2. The molecule has 0 bridgehead atoms. The molecule has 150 valence electrons. The van der Waals surface area contributed by atoms with Gasteiger partial charge < -0.3 is 14.5 Å². The van der Waals surface area contributed by atoms with Gasteiger partial charge in [-0.25, -0.2) is 9.97 Å². The van der Waals surface area contributed by atoms with Gasteiger partial charge in [0.1, 0.15) is 5.82 Å². The molecule has 0 unspecified atom stereocenters. The highest BCUT2D eigenvalue weighted by Gasteiger charge is 2.15. The van der Waals surface area contributed by atoms with Gasteiger partial charge >= 0.3 is 0 Å². The largest absolute Gasteiger partial charge is 0.378 e. The lowest BCUT2D eigenvalue weighted by molar-refractivity contribution is 0.0802. The maximum atomic E-state index is 12.2. The molecule has 1 aromatic carbocycles. The number of aryl methyl sites for hydroxylation is 1. The molecule has 3 rings (SSSR count). The monoisotopic (exact) mass is 400 g/mol. The first-order valence-corrected chi connectivity index (χ1v) is 10.8. The van der Waals surface area contributed by atoms with E-state index in [1.54, 1.807) is 16.7 Å². The molecule has 0 atom stereocenters. The van der Waals surface area contributed by atoms with Crippen molar-refractivity contribution in [2.24, 2.45) is 0 Å². The average Bonchev–Trinajstić information content (AvgIpc) is 2.77. The topological polar surface area (TPSA) is 58.6 Å². The van der Waals surface area contributed by atoms with E-state index in [-0.39, 0.29) is 5.91 Å². The average molecular weight is 401 g/mol. The summed E-state index contributed by atoms with van der Waals surface area (Å²) in [5, 5.41) is 0.798. The third kappa shape index (κ3) is 5.23. The van der Waals surface area contributed by atoms with Gasteiger partial charge in [-0.15, -0.1) is 0 Å². The smallest absolute Gasteiger partial charge is 0.253 e. The zero-order chi connectivity index (χ0) is 19.9. The van der Waals surface area contributed by atoms with Crippen LogP contribution < -0.4 is 4.90 Å². The molecule has 2 aromatic rings. The van der Waals surface area contributed by atoms with Crippen molar-refractivity contribution in [2.45, 2.75) is 31.2 Å².